The average Bonchev–Trinajstić information content (AvgIpc) is 3.31. The van der Waals surface area contributed by atoms with Gasteiger partial charge < -0.3 is 9.84 Å². The van der Waals surface area contributed by atoms with Gasteiger partial charge in [-0.15, -0.1) is 0 Å². The Balaban J connectivity index is 1.65. The van der Waals surface area contributed by atoms with E-state index in [9.17, 15) is 4.79 Å². The van der Waals surface area contributed by atoms with Crippen molar-refractivity contribution >= 4 is 28.9 Å². The minimum atomic E-state index is -0.440. The smallest absolute Gasteiger partial charge is 0.326 e. The summed E-state index contributed by atoms with van der Waals surface area (Å²) in [4.78, 5) is 19.6. The number of benzene rings is 3. The third kappa shape index (κ3) is 3.97. The van der Waals surface area contributed by atoms with Crippen molar-refractivity contribution in [1.82, 2.24) is 15.5 Å². The molecule has 170 valence electrons. The Morgan fingerprint density at radius 1 is 0.971 bits per heavy atom. The summed E-state index contributed by atoms with van der Waals surface area (Å²) in [6, 6.07) is 22.5. The van der Waals surface area contributed by atoms with Crippen LogP contribution < -0.4 is 10.2 Å². The minimum Gasteiger partial charge on any atom is -0.334 e. The predicted molar refractivity (Wildman–Crippen MR) is 133 cm³/mol. The van der Waals surface area contributed by atoms with Gasteiger partial charge in [0.15, 0.2) is 0 Å². The summed E-state index contributed by atoms with van der Waals surface area (Å²) in [5.41, 5.74) is 5.97. The molecule has 2 amide bonds. The number of carbonyl (C=O) groups is 1. The van der Waals surface area contributed by atoms with Crippen molar-refractivity contribution in [3.8, 4) is 11.4 Å². The number of halogens is 1. The van der Waals surface area contributed by atoms with E-state index >= 15 is 0 Å². The number of allylic oxidation sites excluding steroid dienone is 1. The Hall–Kier alpha value is -3.90. The lowest BCUT2D eigenvalue weighted by Crippen LogP contribution is -2.46. The van der Waals surface area contributed by atoms with Crippen molar-refractivity contribution in [3.05, 3.63) is 106 Å². The fourth-order valence-electron chi connectivity index (χ4n) is 4.15. The van der Waals surface area contributed by atoms with Crippen LogP contribution in [0.1, 0.15) is 35.5 Å². The number of urea groups is 1. The fraction of sp³-hybridized carbons (Fsp3) is 0.148. The van der Waals surface area contributed by atoms with E-state index in [2.05, 4.69) is 10.5 Å². The molecule has 5 rings (SSSR count). The maximum atomic E-state index is 13.3. The molecule has 0 radical (unpaired) electrons. The standard InChI is InChI=1S/C27H23ClN4O2/c1-16-9-11-20(12-10-16)25-30-26(34-31-25)23-18(3)32(21-13-14-22(28)17(2)15-21)27(33)29-24(23)19-7-5-4-6-8-19/h4-15,24H,1-3H3,(H,29,33). The van der Waals surface area contributed by atoms with E-state index in [1.54, 1.807) is 11.0 Å². The van der Waals surface area contributed by atoms with Gasteiger partial charge in [-0.05, 0) is 50.1 Å². The van der Waals surface area contributed by atoms with E-state index in [1.165, 1.54) is 0 Å². The molecule has 7 heteroatoms. The zero-order valence-electron chi connectivity index (χ0n) is 19.0. The van der Waals surface area contributed by atoms with Crippen LogP contribution in [0.15, 0.2) is 83.0 Å². The predicted octanol–water partition coefficient (Wildman–Crippen LogP) is 6.71. The maximum Gasteiger partial charge on any atom is 0.326 e. The summed E-state index contributed by atoms with van der Waals surface area (Å²) < 4.78 is 5.76. The summed E-state index contributed by atoms with van der Waals surface area (Å²) in [7, 11) is 0. The topological polar surface area (TPSA) is 71.3 Å². The molecular weight excluding hydrogens is 448 g/mol. The second-order valence-electron chi connectivity index (χ2n) is 8.35. The molecule has 1 aliphatic heterocycles. The van der Waals surface area contributed by atoms with Gasteiger partial charge in [-0.25, -0.2) is 4.79 Å². The first-order chi connectivity index (χ1) is 16.4. The first-order valence-corrected chi connectivity index (χ1v) is 11.3. The Kier molecular flexibility index (Phi) is 5.67. The molecule has 6 nitrogen and oxygen atoms in total. The number of hydrogen-bond donors (Lipinski definition) is 1. The number of hydrogen-bond acceptors (Lipinski definition) is 4. The number of anilines is 1. The summed E-state index contributed by atoms with van der Waals surface area (Å²) in [5, 5.41) is 7.99. The molecule has 2 heterocycles. The second-order valence-corrected chi connectivity index (χ2v) is 8.76. The molecular formula is C27H23ClN4O2. The third-order valence-corrected chi connectivity index (χ3v) is 6.41. The summed E-state index contributed by atoms with van der Waals surface area (Å²) >= 11 is 6.23. The van der Waals surface area contributed by atoms with Crippen LogP contribution in [0.3, 0.4) is 0 Å². The molecule has 0 saturated carbocycles. The van der Waals surface area contributed by atoms with Crippen LogP contribution in [0.4, 0.5) is 10.5 Å². The highest BCUT2D eigenvalue weighted by atomic mass is 35.5. The molecule has 4 aromatic rings. The molecule has 3 aromatic carbocycles. The number of nitrogens with zero attached hydrogens (tertiary/aromatic N) is 3. The van der Waals surface area contributed by atoms with Crippen LogP contribution in [-0.2, 0) is 0 Å². The first kappa shape index (κ1) is 21.9. The minimum absolute atomic E-state index is 0.241. The number of rotatable bonds is 4. The van der Waals surface area contributed by atoms with Crippen molar-refractivity contribution in [2.75, 3.05) is 4.90 Å². The van der Waals surface area contributed by atoms with Gasteiger partial charge in [0.25, 0.3) is 5.89 Å². The summed E-state index contributed by atoms with van der Waals surface area (Å²) in [6.45, 7) is 5.83. The van der Waals surface area contributed by atoms with Gasteiger partial charge in [0.05, 0.1) is 17.3 Å². The van der Waals surface area contributed by atoms with Crippen LogP contribution in [0.25, 0.3) is 17.0 Å². The van der Waals surface area contributed by atoms with Crippen LogP contribution in [-0.4, -0.2) is 16.2 Å². The maximum absolute atomic E-state index is 13.3. The largest absolute Gasteiger partial charge is 0.334 e. The van der Waals surface area contributed by atoms with Gasteiger partial charge >= 0.3 is 6.03 Å². The molecule has 1 atom stereocenters. The van der Waals surface area contributed by atoms with E-state index in [0.717, 1.165) is 27.8 Å². The number of carbonyl (C=O) groups excluding carboxylic acids is 1. The Bertz CT molecular complexity index is 1390. The van der Waals surface area contributed by atoms with Gasteiger partial charge in [0.2, 0.25) is 5.82 Å². The zero-order valence-corrected chi connectivity index (χ0v) is 19.8. The highest BCUT2D eigenvalue weighted by Gasteiger charge is 2.36. The molecule has 1 N–H and O–H groups in total. The lowest BCUT2D eigenvalue weighted by Gasteiger charge is -2.35. The lowest BCUT2D eigenvalue weighted by atomic mass is 9.94. The van der Waals surface area contributed by atoms with Crippen molar-refractivity contribution in [2.24, 2.45) is 0 Å². The number of aromatic nitrogens is 2. The number of nitrogens with one attached hydrogen (secondary N) is 1. The molecule has 0 fully saturated rings. The Morgan fingerprint density at radius 2 is 1.71 bits per heavy atom. The quantitative estimate of drug-likeness (QED) is 0.360. The lowest BCUT2D eigenvalue weighted by molar-refractivity contribution is 0.244. The van der Waals surface area contributed by atoms with Crippen LogP contribution in [0, 0.1) is 13.8 Å². The highest BCUT2D eigenvalue weighted by Crippen LogP contribution is 2.39. The van der Waals surface area contributed by atoms with Crippen molar-refractivity contribution in [3.63, 3.8) is 0 Å². The van der Waals surface area contributed by atoms with Crippen molar-refractivity contribution < 1.29 is 9.32 Å². The van der Waals surface area contributed by atoms with Gasteiger partial charge in [0, 0.05) is 16.3 Å². The molecule has 34 heavy (non-hydrogen) atoms. The van der Waals surface area contributed by atoms with Crippen LogP contribution in [0.2, 0.25) is 5.02 Å². The normalized spacial score (nSPS) is 16.1. The molecule has 0 spiro atoms. The molecule has 1 unspecified atom stereocenters. The number of amides is 2. The molecule has 0 saturated heterocycles. The zero-order chi connectivity index (χ0) is 23.8. The molecule has 0 aliphatic carbocycles. The van der Waals surface area contributed by atoms with E-state index in [1.807, 2.05) is 87.5 Å². The van der Waals surface area contributed by atoms with E-state index in [0.29, 0.717) is 28.1 Å². The Morgan fingerprint density at radius 3 is 2.41 bits per heavy atom. The summed E-state index contributed by atoms with van der Waals surface area (Å²) in [5.74, 6) is 0.852. The molecule has 1 aromatic heterocycles. The molecule has 0 bridgehead atoms. The SMILES string of the molecule is CC1=C(c2nc(-c3ccc(C)cc3)no2)C(c2ccccc2)NC(=O)N1c1ccc(Cl)c(C)c1. The van der Waals surface area contributed by atoms with Crippen molar-refractivity contribution in [1.29, 1.82) is 0 Å². The third-order valence-electron chi connectivity index (χ3n) is 5.98. The van der Waals surface area contributed by atoms with Gasteiger partial charge in [-0.3, -0.25) is 4.90 Å². The monoisotopic (exact) mass is 470 g/mol. The first-order valence-electron chi connectivity index (χ1n) is 11.0. The van der Waals surface area contributed by atoms with Gasteiger partial charge in [-0.2, -0.15) is 4.98 Å². The van der Waals surface area contributed by atoms with Crippen LogP contribution >= 0.6 is 11.6 Å². The highest BCUT2D eigenvalue weighted by molar-refractivity contribution is 6.31. The molecule has 1 aliphatic rings. The van der Waals surface area contributed by atoms with E-state index in [-0.39, 0.29) is 6.03 Å². The van der Waals surface area contributed by atoms with Gasteiger partial charge in [-0.1, -0.05) is 76.9 Å². The van der Waals surface area contributed by atoms with Crippen molar-refractivity contribution in [2.45, 2.75) is 26.8 Å². The van der Waals surface area contributed by atoms with Crippen LogP contribution in [0.5, 0.6) is 0 Å². The number of aryl methyl sites for hydroxylation is 2. The van der Waals surface area contributed by atoms with Gasteiger partial charge in [0.1, 0.15) is 0 Å². The van der Waals surface area contributed by atoms with E-state index < -0.39 is 6.04 Å². The fourth-order valence-corrected chi connectivity index (χ4v) is 4.26. The second kappa shape index (κ2) is 8.80. The average molecular weight is 471 g/mol. The van der Waals surface area contributed by atoms with E-state index in [4.69, 9.17) is 21.1 Å². The Labute approximate surface area is 202 Å². The summed E-state index contributed by atoms with van der Waals surface area (Å²) in [6.07, 6.45) is 0.